The standard InChI is InChI=1S/C18H17F3N4O.C4F6O2/c19-18(20,21)13-4-6-16(23-11-13)25-10-8-15(12-25)24-17(26)7-5-14-3-1-2-9-22-14;5-3(6,7)1(11)2(12)4(8,9)10/h1-7,9,11,15H,8,10,12H2,(H,24,26);/b7-5+;/t15-;/m1./s1. The number of carbonyl (C=O) groups is 3. The predicted molar refractivity (Wildman–Crippen MR) is 113 cm³/mol. The maximum Gasteiger partial charge on any atom is 0.458 e. The zero-order valence-electron chi connectivity index (χ0n) is 18.9. The van der Waals surface area contributed by atoms with Gasteiger partial charge >= 0.3 is 30.1 Å². The van der Waals surface area contributed by atoms with Gasteiger partial charge in [0.2, 0.25) is 5.91 Å². The predicted octanol–water partition coefficient (Wildman–Crippen LogP) is 4.15. The van der Waals surface area contributed by atoms with Crippen molar-refractivity contribution in [2.45, 2.75) is 31.0 Å². The van der Waals surface area contributed by atoms with E-state index in [4.69, 9.17) is 0 Å². The summed E-state index contributed by atoms with van der Waals surface area (Å²) < 4.78 is 105. The molecule has 16 heteroatoms. The van der Waals surface area contributed by atoms with Crippen LogP contribution >= 0.6 is 0 Å². The molecule has 7 nitrogen and oxygen atoms in total. The Morgan fingerprint density at radius 3 is 2.00 bits per heavy atom. The van der Waals surface area contributed by atoms with Crippen molar-refractivity contribution >= 4 is 29.4 Å². The molecule has 0 saturated carbocycles. The fourth-order valence-electron chi connectivity index (χ4n) is 2.97. The first-order chi connectivity index (χ1) is 17.5. The van der Waals surface area contributed by atoms with Gasteiger partial charge in [-0.15, -0.1) is 0 Å². The monoisotopic (exact) mass is 556 g/mol. The van der Waals surface area contributed by atoms with Gasteiger partial charge in [0.25, 0.3) is 0 Å². The fourth-order valence-corrected chi connectivity index (χ4v) is 2.97. The quantitative estimate of drug-likeness (QED) is 0.338. The molecule has 3 rings (SSSR count). The first kappa shape index (κ1) is 30.2. The second-order valence-corrected chi connectivity index (χ2v) is 7.58. The number of pyridine rings is 2. The lowest BCUT2D eigenvalue weighted by Gasteiger charge is -2.18. The van der Waals surface area contributed by atoms with Crippen LogP contribution in [0.2, 0.25) is 0 Å². The van der Waals surface area contributed by atoms with E-state index in [1.807, 2.05) is 11.0 Å². The van der Waals surface area contributed by atoms with E-state index in [1.165, 1.54) is 12.1 Å². The van der Waals surface area contributed by atoms with Crippen molar-refractivity contribution in [2.24, 2.45) is 0 Å². The number of aromatic nitrogens is 2. The maximum atomic E-state index is 12.6. The van der Waals surface area contributed by atoms with Gasteiger partial charge in [0, 0.05) is 37.6 Å². The highest BCUT2D eigenvalue weighted by Crippen LogP contribution is 2.30. The molecule has 3 heterocycles. The Hall–Kier alpha value is -3.98. The molecule has 0 unspecified atom stereocenters. The SMILES string of the molecule is O=C(/C=C/c1ccccn1)N[C@@H]1CCN(c2ccc(C(F)(F)F)cn2)C1.O=C(C(=O)C(F)(F)F)C(F)(F)F. The number of alkyl halides is 9. The van der Waals surface area contributed by atoms with Crippen LogP contribution in [-0.2, 0) is 20.6 Å². The van der Waals surface area contributed by atoms with Crippen molar-refractivity contribution in [2.75, 3.05) is 18.0 Å². The van der Waals surface area contributed by atoms with E-state index in [2.05, 4.69) is 15.3 Å². The highest BCUT2D eigenvalue weighted by molar-refractivity contribution is 6.41. The van der Waals surface area contributed by atoms with E-state index in [-0.39, 0.29) is 11.9 Å². The van der Waals surface area contributed by atoms with Gasteiger partial charge in [0.1, 0.15) is 5.82 Å². The number of carbonyl (C=O) groups excluding carboxylic acids is 3. The molecule has 2 aromatic rings. The summed E-state index contributed by atoms with van der Waals surface area (Å²) in [5, 5.41) is 2.88. The van der Waals surface area contributed by atoms with E-state index < -0.39 is 35.7 Å². The molecule has 0 aliphatic carbocycles. The third-order valence-corrected chi connectivity index (χ3v) is 4.75. The number of hydrogen-bond donors (Lipinski definition) is 1. The highest BCUT2D eigenvalue weighted by Gasteiger charge is 2.54. The normalized spacial score (nSPS) is 16.1. The van der Waals surface area contributed by atoms with Crippen LogP contribution in [0.5, 0.6) is 0 Å². The minimum absolute atomic E-state index is 0.0834. The van der Waals surface area contributed by atoms with Crippen molar-refractivity contribution in [1.29, 1.82) is 0 Å². The van der Waals surface area contributed by atoms with Crippen LogP contribution in [0.3, 0.4) is 0 Å². The lowest BCUT2D eigenvalue weighted by molar-refractivity contribution is -0.193. The van der Waals surface area contributed by atoms with Crippen LogP contribution in [0.25, 0.3) is 6.08 Å². The Labute approximate surface area is 208 Å². The van der Waals surface area contributed by atoms with E-state index in [0.29, 0.717) is 31.0 Å². The number of Topliss-reactive ketones (excluding diaryl/α,β-unsaturated/α-hetero) is 2. The molecule has 1 N–H and O–H groups in total. The zero-order valence-corrected chi connectivity index (χ0v) is 18.9. The molecule has 1 fully saturated rings. The summed E-state index contributed by atoms with van der Waals surface area (Å²) in [6, 6.07) is 7.70. The fraction of sp³-hybridized carbons (Fsp3) is 0.318. The second-order valence-electron chi connectivity index (χ2n) is 7.58. The first-order valence-corrected chi connectivity index (χ1v) is 10.4. The van der Waals surface area contributed by atoms with Gasteiger partial charge in [0.15, 0.2) is 0 Å². The van der Waals surface area contributed by atoms with Gasteiger partial charge in [-0.3, -0.25) is 19.4 Å². The summed E-state index contributed by atoms with van der Waals surface area (Å²) in [4.78, 5) is 41.1. The number of anilines is 1. The molecular formula is C22H17F9N4O3. The molecule has 0 bridgehead atoms. The third kappa shape index (κ3) is 9.15. The molecule has 0 aromatic carbocycles. The van der Waals surface area contributed by atoms with Crippen molar-refractivity contribution in [1.82, 2.24) is 15.3 Å². The molecule has 206 valence electrons. The summed E-state index contributed by atoms with van der Waals surface area (Å²) in [5.74, 6) is -6.58. The van der Waals surface area contributed by atoms with Gasteiger partial charge in [-0.1, -0.05) is 6.07 Å². The van der Waals surface area contributed by atoms with Crippen LogP contribution in [0.1, 0.15) is 17.7 Å². The topological polar surface area (TPSA) is 92.3 Å². The minimum Gasteiger partial charge on any atom is -0.354 e. The van der Waals surface area contributed by atoms with Crippen molar-refractivity contribution in [3.05, 3.63) is 60.1 Å². The summed E-state index contributed by atoms with van der Waals surface area (Å²) in [7, 11) is 0. The number of halogens is 9. The zero-order chi connectivity index (χ0) is 28.7. The Bertz CT molecular complexity index is 1120. The molecule has 0 spiro atoms. The van der Waals surface area contributed by atoms with Gasteiger partial charge in [-0.05, 0) is 36.8 Å². The Balaban J connectivity index is 0.000000358. The largest absolute Gasteiger partial charge is 0.458 e. The van der Waals surface area contributed by atoms with Gasteiger partial charge in [0.05, 0.1) is 11.3 Å². The van der Waals surface area contributed by atoms with Crippen LogP contribution in [-0.4, -0.2) is 58.9 Å². The summed E-state index contributed by atoms with van der Waals surface area (Å²) in [6.45, 7) is 1.12. The first-order valence-electron chi connectivity index (χ1n) is 10.4. The van der Waals surface area contributed by atoms with Crippen LogP contribution in [0.4, 0.5) is 45.3 Å². The van der Waals surface area contributed by atoms with E-state index >= 15 is 0 Å². The van der Waals surface area contributed by atoms with E-state index in [9.17, 15) is 53.9 Å². The highest BCUT2D eigenvalue weighted by atomic mass is 19.4. The van der Waals surface area contributed by atoms with Crippen molar-refractivity contribution < 1.29 is 53.9 Å². The average Bonchev–Trinajstić information content (AvgIpc) is 3.29. The van der Waals surface area contributed by atoms with Gasteiger partial charge in [-0.2, -0.15) is 39.5 Å². The summed E-state index contributed by atoms with van der Waals surface area (Å²) in [5.41, 5.74) is -0.0883. The van der Waals surface area contributed by atoms with Crippen LogP contribution < -0.4 is 10.2 Å². The van der Waals surface area contributed by atoms with Crippen LogP contribution in [0, 0.1) is 0 Å². The molecule has 0 radical (unpaired) electrons. The Morgan fingerprint density at radius 2 is 1.53 bits per heavy atom. The number of hydrogen-bond acceptors (Lipinski definition) is 6. The molecule has 1 amide bonds. The number of nitrogens with one attached hydrogen (secondary N) is 1. The smallest absolute Gasteiger partial charge is 0.354 e. The average molecular weight is 556 g/mol. The van der Waals surface area contributed by atoms with E-state index in [0.717, 1.165) is 12.3 Å². The van der Waals surface area contributed by atoms with Crippen LogP contribution in [0.15, 0.2) is 48.8 Å². The minimum atomic E-state index is -5.77. The Kier molecular flexibility index (Phi) is 9.59. The number of rotatable bonds is 5. The molecule has 1 aliphatic rings. The molecule has 1 aliphatic heterocycles. The maximum absolute atomic E-state index is 12.6. The molecule has 1 atom stereocenters. The Morgan fingerprint density at radius 1 is 0.895 bits per heavy atom. The summed E-state index contributed by atoms with van der Waals surface area (Å²) >= 11 is 0. The van der Waals surface area contributed by atoms with Gasteiger partial charge < -0.3 is 10.2 Å². The van der Waals surface area contributed by atoms with E-state index in [1.54, 1.807) is 24.4 Å². The third-order valence-electron chi connectivity index (χ3n) is 4.75. The lowest BCUT2D eigenvalue weighted by Crippen LogP contribution is -2.39. The molecule has 38 heavy (non-hydrogen) atoms. The number of amides is 1. The van der Waals surface area contributed by atoms with Crippen molar-refractivity contribution in [3.8, 4) is 0 Å². The van der Waals surface area contributed by atoms with Crippen molar-refractivity contribution in [3.63, 3.8) is 0 Å². The molecule has 2 aromatic heterocycles. The lowest BCUT2D eigenvalue weighted by atomic mass is 10.2. The second kappa shape index (κ2) is 12.0. The number of nitrogens with zero attached hydrogens (tertiary/aromatic N) is 3. The number of ketones is 2. The van der Waals surface area contributed by atoms with Gasteiger partial charge in [-0.25, -0.2) is 4.98 Å². The molecule has 1 saturated heterocycles. The summed E-state index contributed by atoms with van der Waals surface area (Å²) in [6.07, 6.45) is -9.72. The molecular weight excluding hydrogens is 539 g/mol.